The summed E-state index contributed by atoms with van der Waals surface area (Å²) >= 11 is 0. The van der Waals surface area contributed by atoms with Crippen LogP contribution in [0.15, 0.2) is 35.1 Å². The number of benzene rings is 2. The van der Waals surface area contributed by atoms with E-state index in [-0.39, 0.29) is 47.0 Å². The summed E-state index contributed by atoms with van der Waals surface area (Å²) in [5.41, 5.74) is 3.19. The van der Waals surface area contributed by atoms with E-state index in [4.69, 9.17) is 4.74 Å². The maximum atomic E-state index is 13.1. The zero-order chi connectivity index (χ0) is 26.2. The summed E-state index contributed by atoms with van der Waals surface area (Å²) in [5, 5.41) is 27.6. The highest BCUT2D eigenvalue weighted by Gasteiger charge is 2.61. The fraction of sp³-hybridized carbons (Fsp3) is 0.500. The lowest BCUT2D eigenvalue weighted by Gasteiger charge is -2.44. The summed E-state index contributed by atoms with van der Waals surface area (Å²) in [7, 11) is 0. The molecule has 0 radical (unpaired) electrons. The number of nitrogens with zero attached hydrogens (tertiary/aromatic N) is 1. The fourth-order valence-electron chi connectivity index (χ4n) is 7.12. The van der Waals surface area contributed by atoms with Crippen molar-refractivity contribution in [3.63, 3.8) is 0 Å². The fourth-order valence-corrected chi connectivity index (χ4v) is 7.12. The van der Waals surface area contributed by atoms with Gasteiger partial charge in [-0.05, 0) is 82.1 Å². The van der Waals surface area contributed by atoms with Gasteiger partial charge in [0.25, 0.3) is 5.91 Å². The molecule has 5 N–H and O–H groups in total. The number of carbonyl (C=O) groups is 1. The highest BCUT2D eigenvalue weighted by Crippen LogP contribution is 2.64. The van der Waals surface area contributed by atoms with Crippen molar-refractivity contribution in [3.05, 3.63) is 51.9 Å². The van der Waals surface area contributed by atoms with Crippen molar-refractivity contribution in [1.29, 1.82) is 0 Å². The van der Waals surface area contributed by atoms with Gasteiger partial charge in [0.05, 0.1) is 28.4 Å². The maximum absolute atomic E-state index is 13.1. The number of phenols is 1. The first-order valence-corrected chi connectivity index (χ1v) is 13.0. The van der Waals surface area contributed by atoms with E-state index in [0.717, 1.165) is 48.7 Å². The van der Waals surface area contributed by atoms with E-state index < -0.39 is 6.10 Å². The van der Waals surface area contributed by atoms with Crippen LogP contribution in [-0.4, -0.2) is 44.4 Å². The number of carbonyl (C=O) groups excluding carboxylic acids is 1. The lowest BCUT2D eigenvalue weighted by molar-refractivity contribution is -0.118. The number of β-amino-alcohol motifs (C(OH)–C–C–N with tert-alkyl or cyclic N) is 1. The Morgan fingerprint density at radius 1 is 1.16 bits per heavy atom. The molecule has 3 aromatic rings. The van der Waals surface area contributed by atoms with Crippen LogP contribution < -0.4 is 21.1 Å². The normalized spacial score (nSPS) is 25.7. The number of rotatable bonds is 6. The van der Waals surface area contributed by atoms with Gasteiger partial charge in [-0.1, -0.05) is 6.07 Å². The van der Waals surface area contributed by atoms with Crippen molar-refractivity contribution in [1.82, 2.24) is 14.9 Å². The summed E-state index contributed by atoms with van der Waals surface area (Å²) < 4.78 is 7.60. The third-order valence-electron chi connectivity index (χ3n) is 9.26. The first-order valence-electron chi connectivity index (χ1n) is 13.0. The van der Waals surface area contributed by atoms with Crippen molar-refractivity contribution in [2.45, 2.75) is 70.1 Å². The zero-order valence-electron chi connectivity index (χ0n) is 21.5. The Morgan fingerprint density at radius 2 is 1.92 bits per heavy atom. The van der Waals surface area contributed by atoms with Gasteiger partial charge < -0.3 is 30.6 Å². The first kappa shape index (κ1) is 24.1. The number of nitrogens with one attached hydrogen (secondary N) is 3. The molecule has 37 heavy (non-hydrogen) atoms. The molecule has 2 saturated carbocycles. The Kier molecular flexibility index (Phi) is 5.27. The second-order valence-electron chi connectivity index (χ2n) is 11.7. The third-order valence-corrected chi connectivity index (χ3v) is 9.26. The minimum absolute atomic E-state index is 0.0255. The molecule has 6 rings (SSSR count). The van der Waals surface area contributed by atoms with Gasteiger partial charge in [0.1, 0.15) is 11.5 Å². The van der Waals surface area contributed by atoms with Gasteiger partial charge in [-0.3, -0.25) is 9.36 Å². The molecule has 0 unspecified atom stereocenters. The maximum Gasteiger partial charge on any atom is 0.326 e. The molecule has 2 aromatic carbocycles. The monoisotopic (exact) mass is 506 g/mol. The molecule has 0 saturated heterocycles. The zero-order valence-corrected chi connectivity index (χ0v) is 21.5. The molecular weight excluding hydrogens is 472 g/mol. The number of aromatic amines is 1. The largest absolute Gasteiger partial charge is 0.508 e. The van der Waals surface area contributed by atoms with E-state index in [9.17, 15) is 19.8 Å². The molecule has 9 heteroatoms. The van der Waals surface area contributed by atoms with Gasteiger partial charge in [0, 0.05) is 23.7 Å². The van der Waals surface area contributed by atoms with Gasteiger partial charge in [-0.15, -0.1) is 0 Å². The quantitative estimate of drug-likeness (QED) is 0.348. The lowest BCUT2D eigenvalue weighted by atomic mass is 9.69. The standard InChI is InChI=1S/C28H34N4O5/c1-16-4-5-19-21(10-16)32(25(36)31-19)28-8-6-27(15-28,7-9-28)26(2,3)29-13-22(34)18-11-17(33)12-20-24(18)37-14-23(35)30-20/h4-5,10-12,22,29,33-34H,6-9,13-15H2,1-3H3,(H,30,35)(H,31,36)/t22-,27?,28?/m0/s1. The van der Waals surface area contributed by atoms with E-state index in [1.54, 1.807) is 0 Å². The smallest absolute Gasteiger partial charge is 0.326 e. The molecule has 1 atom stereocenters. The number of anilines is 1. The van der Waals surface area contributed by atoms with E-state index in [0.29, 0.717) is 17.0 Å². The predicted octanol–water partition coefficient (Wildman–Crippen LogP) is 3.44. The first-order chi connectivity index (χ1) is 17.5. The number of hydrogen-bond donors (Lipinski definition) is 5. The highest BCUT2D eigenvalue weighted by atomic mass is 16.5. The number of aliphatic hydroxyl groups excluding tert-OH is 1. The Balaban J connectivity index is 1.24. The average Bonchev–Trinajstić information content (AvgIpc) is 3.52. The number of H-pyrrole nitrogens is 1. The molecule has 3 aliphatic rings. The number of phenolic OH excluding ortho intramolecular Hbond substituents is 1. The molecule has 1 amide bonds. The predicted molar refractivity (Wildman–Crippen MR) is 140 cm³/mol. The highest BCUT2D eigenvalue weighted by molar-refractivity contribution is 5.96. The van der Waals surface area contributed by atoms with E-state index in [2.05, 4.69) is 35.5 Å². The summed E-state index contributed by atoms with van der Waals surface area (Å²) in [5.74, 6) is 0.0389. The van der Waals surface area contributed by atoms with Crippen LogP contribution in [0, 0.1) is 12.3 Å². The van der Waals surface area contributed by atoms with Gasteiger partial charge in [0.15, 0.2) is 6.61 Å². The number of amides is 1. The second kappa shape index (κ2) is 8.10. The van der Waals surface area contributed by atoms with Crippen molar-refractivity contribution in [2.75, 3.05) is 18.5 Å². The summed E-state index contributed by atoms with van der Waals surface area (Å²) in [6.45, 7) is 6.53. The van der Waals surface area contributed by atoms with Gasteiger partial charge in [0.2, 0.25) is 0 Å². The van der Waals surface area contributed by atoms with E-state index in [1.165, 1.54) is 12.1 Å². The number of aromatic hydroxyl groups is 1. The summed E-state index contributed by atoms with van der Waals surface area (Å²) in [4.78, 5) is 27.9. The topological polar surface area (TPSA) is 129 Å². The molecule has 2 bridgehead atoms. The Bertz CT molecular complexity index is 1460. The third kappa shape index (κ3) is 3.67. The molecule has 2 fully saturated rings. The minimum Gasteiger partial charge on any atom is -0.508 e. The number of hydrogen-bond acceptors (Lipinski definition) is 6. The van der Waals surface area contributed by atoms with Crippen LogP contribution in [0.1, 0.15) is 63.2 Å². The number of ether oxygens (including phenoxy) is 1. The molecular formula is C28H34N4O5. The van der Waals surface area contributed by atoms with Crippen LogP contribution in [0.25, 0.3) is 11.0 Å². The van der Waals surface area contributed by atoms with Crippen LogP contribution in [0.3, 0.4) is 0 Å². The van der Waals surface area contributed by atoms with Crippen LogP contribution in [0.2, 0.25) is 0 Å². The van der Waals surface area contributed by atoms with Crippen LogP contribution in [0.5, 0.6) is 11.5 Å². The Hall–Kier alpha value is -3.30. The van der Waals surface area contributed by atoms with Gasteiger partial charge in [-0.2, -0.15) is 0 Å². The number of fused-ring (bicyclic) bond motifs is 4. The molecule has 196 valence electrons. The van der Waals surface area contributed by atoms with Crippen molar-refractivity contribution in [2.24, 2.45) is 5.41 Å². The minimum atomic E-state index is -0.946. The number of imidazole rings is 1. The van der Waals surface area contributed by atoms with Gasteiger partial charge in [-0.25, -0.2) is 4.79 Å². The van der Waals surface area contributed by atoms with Crippen molar-refractivity contribution < 1.29 is 19.7 Å². The van der Waals surface area contributed by atoms with Crippen LogP contribution in [-0.2, 0) is 10.3 Å². The van der Waals surface area contributed by atoms with E-state index >= 15 is 0 Å². The molecule has 9 nitrogen and oxygen atoms in total. The van der Waals surface area contributed by atoms with Crippen LogP contribution in [0.4, 0.5) is 5.69 Å². The van der Waals surface area contributed by atoms with Crippen molar-refractivity contribution in [3.8, 4) is 11.5 Å². The summed E-state index contributed by atoms with van der Waals surface area (Å²) in [6.07, 6.45) is 3.81. The molecule has 1 aromatic heterocycles. The van der Waals surface area contributed by atoms with Gasteiger partial charge >= 0.3 is 5.69 Å². The average molecular weight is 507 g/mol. The van der Waals surface area contributed by atoms with E-state index in [1.807, 2.05) is 23.6 Å². The lowest BCUT2D eigenvalue weighted by Crippen LogP contribution is -2.53. The number of aryl methyl sites for hydroxylation is 1. The number of aliphatic hydroxyl groups is 1. The van der Waals surface area contributed by atoms with Crippen LogP contribution >= 0.6 is 0 Å². The molecule has 2 aliphatic carbocycles. The Morgan fingerprint density at radius 3 is 2.68 bits per heavy atom. The number of aromatic nitrogens is 2. The summed E-state index contributed by atoms with van der Waals surface area (Å²) in [6, 6.07) is 9.01. The molecule has 1 aliphatic heterocycles. The molecule has 2 heterocycles. The Labute approximate surface area is 214 Å². The SMILES string of the molecule is Cc1ccc2[nH]c(=O)n(C34CCC(C(C)(C)NC[C@H](O)c5cc(O)cc6c5OCC(=O)N6)(CC3)C4)c2c1. The second-order valence-corrected chi connectivity index (χ2v) is 11.7. The molecule has 0 spiro atoms. The van der Waals surface area contributed by atoms with Crippen molar-refractivity contribution >= 4 is 22.6 Å².